The van der Waals surface area contributed by atoms with Crippen molar-refractivity contribution in [3.63, 3.8) is 0 Å². The Morgan fingerprint density at radius 3 is 2.28 bits per heavy atom. The van der Waals surface area contributed by atoms with E-state index in [4.69, 9.17) is 9.72 Å². The van der Waals surface area contributed by atoms with Crippen molar-refractivity contribution in [2.75, 3.05) is 16.8 Å². The quantitative estimate of drug-likeness (QED) is 0.156. The first-order valence-electron chi connectivity index (χ1n) is 20.0. The molecule has 1 fully saturated rings. The molecule has 7 aromatic rings. The number of anilines is 3. The van der Waals surface area contributed by atoms with Crippen molar-refractivity contribution in [2.24, 2.45) is 0 Å². The monoisotopic (exact) mass is 878 g/mol. The first-order chi connectivity index (χ1) is 26.8. The average molecular weight is 879 g/mol. The van der Waals surface area contributed by atoms with Gasteiger partial charge in [0.25, 0.3) is 0 Å². The van der Waals surface area contributed by atoms with Gasteiger partial charge >= 0.3 is 0 Å². The third-order valence-corrected chi connectivity index (χ3v) is 10.3. The minimum atomic E-state index is -1.87. The molecule has 5 aromatic carbocycles. The number of hydrogen-bond donors (Lipinski definition) is 0. The van der Waals surface area contributed by atoms with E-state index in [0.29, 0.717) is 34.9 Å². The van der Waals surface area contributed by atoms with E-state index in [9.17, 15) is 5.48 Å². The van der Waals surface area contributed by atoms with Gasteiger partial charge in [0.1, 0.15) is 5.82 Å². The van der Waals surface area contributed by atoms with Gasteiger partial charge in [-0.1, -0.05) is 106 Å². The van der Waals surface area contributed by atoms with E-state index < -0.39 is 18.2 Å². The molecular formula is C47H43N4OPt-3. The maximum atomic E-state index is 9.44. The second kappa shape index (κ2) is 13.8. The van der Waals surface area contributed by atoms with E-state index >= 15 is 0 Å². The Morgan fingerprint density at radius 1 is 0.755 bits per heavy atom. The van der Waals surface area contributed by atoms with Gasteiger partial charge < -0.3 is 19.1 Å². The Labute approximate surface area is 333 Å². The number of pyridine rings is 1. The summed E-state index contributed by atoms with van der Waals surface area (Å²) in [7, 11) is 2.04. The van der Waals surface area contributed by atoms with Gasteiger partial charge in [-0.15, -0.1) is 47.0 Å². The molecular weight excluding hydrogens is 832 g/mol. The molecule has 0 radical (unpaired) electrons. The zero-order chi connectivity index (χ0) is 39.0. The van der Waals surface area contributed by atoms with Crippen molar-refractivity contribution in [1.82, 2.24) is 9.55 Å². The van der Waals surface area contributed by atoms with Gasteiger partial charge in [-0.05, 0) is 72.1 Å². The summed E-state index contributed by atoms with van der Waals surface area (Å²) < 4.78 is 46.5. The van der Waals surface area contributed by atoms with Crippen LogP contribution in [0.4, 0.5) is 17.1 Å². The van der Waals surface area contributed by atoms with Gasteiger partial charge in [-0.3, -0.25) is 0 Å². The van der Waals surface area contributed by atoms with Crippen LogP contribution in [0.5, 0.6) is 11.5 Å². The number of hydrogen-bond acceptors (Lipinski definition) is 4. The third kappa shape index (κ3) is 6.23. The summed E-state index contributed by atoms with van der Waals surface area (Å²) in [6, 6.07) is 44.7. The van der Waals surface area contributed by atoms with Crippen LogP contribution >= 0.6 is 0 Å². The maximum Gasteiger partial charge on any atom is 0.135 e. The van der Waals surface area contributed by atoms with Crippen LogP contribution in [0.2, 0.25) is 0 Å². The largest absolute Gasteiger partial charge is 0.509 e. The Hall–Kier alpha value is -4.86. The second-order valence-corrected chi connectivity index (χ2v) is 14.7. The molecule has 0 atom stereocenters. The van der Waals surface area contributed by atoms with Crippen LogP contribution in [0, 0.1) is 18.8 Å². The smallest absolute Gasteiger partial charge is 0.135 e. The van der Waals surface area contributed by atoms with Crippen molar-refractivity contribution in [1.29, 1.82) is 0 Å². The normalized spacial score (nSPS) is 18.4. The summed E-state index contributed by atoms with van der Waals surface area (Å²) in [5.74, 6) is 1.62. The molecule has 0 N–H and O–H groups in total. The van der Waals surface area contributed by atoms with Crippen molar-refractivity contribution < 1.29 is 31.3 Å². The predicted molar refractivity (Wildman–Crippen MR) is 213 cm³/mol. The molecule has 9 rings (SSSR count). The second-order valence-electron chi connectivity index (χ2n) is 14.7. The maximum absolute atomic E-state index is 9.44. The zero-order valence-corrected chi connectivity index (χ0v) is 32.5. The molecule has 0 bridgehead atoms. The molecule has 53 heavy (non-hydrogen) atoms. The number of fused-ring (bicyclic) bond motifs is 4. The van der Waals surface area contributed by atoms with E-state index in [1.165, 1.54) is 0 Å². The summed E-state index contributed by atoms with van der Waals surface area (Å²) in [5.41, 5.74) is 5.24. The molecule has 0 spiro atoms. The number of rotatable bonds is 6. The molecule has 0 saturated heterocycles. The fourth-order valence-electron chi connectivity index (χ4n) is 7.63. The molecule has 2 aromatic heterocycles. The van der Waals surface area contributed by atoms with Crippen molar-refractivity contribution >= 4 is 38.9 Å². The Balaban J connectivity index is 0.00000455. The molecule has 270 valence electrons. The predicted octanol–water partition coefficient (Wildman–Crippen LogP) is 11.8. The average Bonchev–Trinajstić information content (AvgIpc) is 3.68. The molecule has 5 nitrogen and oxygen atoms in total. The van der Waals surface area contributed by atoms with Gasteiger partial charge in [-0.25, -0.2) is 4.98 Å². The summed E-state index contributed by atoms with van der Waals surface area (Å²) >= 11 is 0. The van der Waals surface area contributed by atoms with Gasteiger partial charge in [-0.2, -0.15) is 12.7 Å². The van der Waals surface area contributed by atoms with Crippen LogP contribution in [0.25, 0.3) is 27.6 Å². The SMILES string of the molecule is [2H]C1([2H])CCCC([2H])([2H])C1(c1ccccc1)c1ccnc(-n2c3[c-]c(Oc4[c-]c(N5[CH-]N(C)c6ccccc65)cc(C(C)(C)C)c4)ccc3c3ccccc32)c1.[Pt]. The van der Waals surface area contributed by atoms with Crippen LogP contribution in [-0.2, 0) is 31.9 Å². The van der Waals surface area contributed by atoms with Gasteiger partial charge in [0.2, 0.25) is 0 Å². The number of para-hydroxylation sites is 3. The molecule has 0 amide bonds. The molecule has 0 unspecified atom stereocenters. The fraction of sp³-hybridized carbons (Fsp3) is 0.234. The van der Waals surface area contributed by atoms with E-state index in [1.807, 2.05) is 96.5 Å². The molecule has 1 aliphatic heterocycles. The first kappa shape index (κ1) is 30.6. The minimum Gasteiger partial charge on any atom is -0.509 e. The Morgan fingerprint density at radius 2 is 1.49 bits per heavy atom. The number of aromatic nitrogens is 2. The van der Waals surface area contributed by atoms with Crippen molar-refractivity contribution in [3.8, 4) is 17.3 Å². The molecule has 1 aliphatic carbocycles. The van der Waals surface area contributed by atoms with E-state index in [1.54, 1.807) is 12.3 Å². The summed E-state index contributed by atoms with van der Waals surface area (Å²) in [6.07, 6.45) is -1.10. The Bertz CT molecular complexity index is 2600. The number of nitrogens with zero attached hydrogens (tertiary/aromatic N) is 4. The number of ether oxygens (including phenoxy) is 1. The van der Waals surface area contributed by atoms with E-state index in [2.05, 4.69) is 73.6 Å². The third-order valence-electron chi connectivity index (χ3n) is 10.3. The van der Waals surface area contributed by atoms with Crippen LogP contribution < -0.4 is 14.5 Å². The van der Waals surface area contributed by atoms with E-state index in [0.717, 1.165) is 44.4 Å². The van der Waals surface area contributed by atoms with Crippen LogP contribution in [0.1, 0.15) is 75.0 Å². The topological polar surface area (TPSA) is 33.5 Å². The summed E-state index contributed by atoms with van der Waals surface area (Å²) in [5, 5.41) is 1.97. The summed E-state index contributed by atoms with van der Waals surface area (Å²) in [4.78, 5) is 9.11. The molecule has 2 aliphatic rings. The molecule has 1 saturated carbocycles. The van der Waals surface area contributed by atoms with Gasteiger partial charge in [0.05, 0.1) is 0 Å². The number of benzene rings is 5. The van der Waals surface area contributed by atoms with Gasteiger partial charge in [0.15, 0.2) is 0 Å². The minimum absolute atomic E-state index is 0. The van der Waals surface area contributed by atoms with Gasteiger partial charge in [0, 0.05) is 66.6 Å². The zero-order valence-electron chi connectivity index (χ0n) is 34.3. The van der Waals surface area contributed by atoms with Crippen molar-refractivity contribution in [2.45, 2.75) is 63.6 Å². The van der Waals surface area contributed by atoms with E-state index in [-0.39, 0.29) is 39.3 Å². The first-order valence-corrected chi connectivity index (χ1v) is 18.0. The molecule has 6 heteroatoms. The van der Waals surface area contributed by atoms with Crippen LogP contribution in [0.3, 0.4) is 0 Å². The molecule has 3 heterocycles. The Kier molecular flexibility index (Phi) is 7.99. The van der Waals surface area contributed by atoms with Crippen LogP contribution in [-0.4, -0.2) is 16.6 Å². The van der Waals surface area contributed by atoms with Crippen molar-refractivity contribution in [3.05, 3.63) is 157 Å². The standard InChI is InChI=1S/C47H43N4O.Pt/c1-46(2,3)35-27-36(50-32-49(4)42-19-11-12-20-43(42)50)30-38(28-35)52-37-21-22-40-39-17-9-10-18-41(39)51(44(40)31-37)45-29-34(23-26-48-45)47(24-13-6-14-25-47)33-15-7-5-8-16-33;/h5,7-12,15-23,26-29,32H,6,13-14,24-25H2,1-4H3;/q-3;/i24D2,25D2;. The summed E-state index contributed by atoms with van der Waals surface area (Å²) in [6.45, 7) is 8.63. The fourth-order valence-corrected chi connectivity index (χ4v) is 7.63. The van der Waals surface area contributed by atoms with Crippen LogP contribution in [0.15, 0.2) is 121 Å².